The van der Waals surface area contributed by atoms with Crippen molar-refractivity contribution >= 4 is 49.8 Å². The quantitative estimate of drug-likeness (QED) is 0.166. The predicted octanol–water partition coefficient (Wildman–Crippen LogP) is 16.5. The second-order valence-electron chi connectivity index (χ2n) is 18.0. The molecule has 302 valence electrons. The Balaban J connectivity index is 1.07. The van der Waals surface area contributed by atoms with Crippen LogP contribution in [0.2, 0.25) is 0 Å². The van der Waals surface area contributed by atoms with Gasteiger partial charge < -0.3 is 9.32 Å². The lowest BCUT2D eigenvalue weighted by Crippen LogP contribution is -2.28. The molecule has 10 aromatic carbocycles. The summed E-state index contributed by atoms with van der Waals surface area (Å²) in [5.41, 5.74) is 19.4. The van der Waals surface area contributed by atoms with Crippen molar-refractivity contribution < 1.29 is 4.42 Å². The molecule has 0 aliphatic heterocycles. The minimum atomic E-state index is -0.517. The number of hydrogen-bond donors (Lipinski definition) is 0. The van der Waals surface area contributed by atoms with E-state index in [0.29, 0.717) is 0 Å². The van der Waals surface area contributed by atoms with E-state index < -0.39 is 5.41 Å². The maximum atomic E-state index is 7.45. The lowest BCUT2D eigenvalue weighted by molar-refractivity contribution is 0.660. The van der Waals surface area contributed by atoms with Crippen LogP contribution in [-0.4, -0.2) is 0 Å². The fourth-order valence-corrected chi connectivity index (χ4v) is 11.5. The SMILES string of the molecule is CC1(C)c2ccccc2-c2ccc(N(c3ccccc3)c3cccc4c3oc3c(-c5ccc6c(c5)C(c5ccccc5)(c5ccccc5)c5ccccc5-6)c5ccccc5cc34)cc21. The van der Waals surface area contributed by atoms with Crippen LogP contribution in [0.4, 0.5) is 17.1 Å². The van der Waals surface area contributed by atoms with Crippen LogP contribution in [0.5, 0.6) is 0 Å². The Morgan fingerprint density at radius 3 is 1.70 bits per heavy atom. The first-order valence-electron chi connectivity index (χ1n) is 22.3. The van der Waals surface area contributed by atoms with E-state index in [2.05, 4.69) is 243 Å². The molecule has 0 saturated carbocycles. The maximum absolute atomic E-state index is 7.45. The van der Waals surface area contributed by atoms with Gasteiger partial charge in [-0.1, -0.05) is 196 Å². The zero-order chi connectivity index (χ0) is 42.6. The number of benzene rings is 10. The third kappa shape index (κ3) is 5.08. The van der Waals surface area contributed by atoms with E-state index in [1.54, 1.807) is 0 Å². The lowest BCUT2D eigenvalue weighted by Gasteiger charge is -2.34. The summed E-state index contributed by atoms with van der Waals surface area (Å²) in [6.45, 7) is 4.70. The molecule has 0 fully saturated rings. The van der Waals surface area contributed by atoms with Gasteiger partial charge in [-0.25, -0.2) is 0 Å². The molecule has 2 heteroatoms. The van der Waals surface area contributed by atoms with Gasteiger partial charge in [-0.15, -0.1) is 0 Å². The summed E-state index contributed by atoms with van der Waals surface area (Å²) in [5.74, 6) is 0. The smallest absolute Gasteiger partial charge is 0.159 e. The molecule has 0 radical (unpaired) electrons. The number of fused-ring (bicyclic) bond motifs is 10. The Morgan fingerprint density at radius 1 is 0.375 bits per heavy atom. The average molecular weight is 818 g/mol. The Morgan fingerprint density at radius 2 is 0.953 bits per heavy atom. The molecule has 2 aliphatic carbocycles. The number of para-hydroxylation sites is 2. The van der Waals surface area contributed by atoms with E-state index in [1.165, 1.54) is 61.0 Å². The Hall–Kier alpha value is -7.94. The highest BCUT2D eigenvalue weighted by Crippen LogP contribution is 2.58. The molecule has 0 spiro atoms. The van der Waals surface area contributed by atoms with Crippen molar-refractivity contribution in [1.82, 2.24) is 0 Å². The molecule has 1 aromatic heterocycles. The second-order valence-corrected chi connectivity index (χ2v) is 18.0. The highest BCUT2D eigenvalue weighted by atomic mass is 16.3. The van der Waals surface area contributed by atoms with E-state index in [4.69, 9.17) is 4.42 Å². The van der Waals surface area contributed by atoms with Gasteiger partial charge in [0.05, 0.1) is 11.1 Å². The second kappa shape index (κ2) is 13.8. The summed E-state index contributed by atoms with van der Waals surface area (Å²) in [4.78, 5) is 2.38. The van der Waals surface area contributed by atoms with Crippen LogP contribution in [0, 0.1) is 0 Å². The zero-order valence-electron chi connectivity index (χ0n) is 35.7. The molecule has 11 aromatic rings. The summed E-state index contributed by atoms with van der Waals surface area (Å²) < 4.78 is 7.45. The molecule has 0 amide bonds. The van der Waals surface area contributed by atoms with E-state index in [-0.39, 0.29) is 5.41 Å². The van der Waals surface area contributed by atoms with Crippen LogP contribution in [0.25, 0.3) is 66.1 Å². The normalized spacial score (nSPS) is 14.0. The van der Waals surface area contributed by atoms with Gasteiger partial charge in [0.25, 0.3) is 0 Å². The summed E-state index contributed by atoms with van der Waals surface area (Å²) in [5, 5.41) is 4.53. The van der Waals surface area contributed by atoms with Gasteiger partial charge >= 0.3 is 0 Å². The van der Waals surface area contributed by atoms with Crippen molar-refractivity contribution in [3.05, 3.63) is 258 Å². The Kier molecular flexibility index (Phi) is 7.90. The first kappa shape index (κ1) is 36.7. The largest absolute Gasteiger partial charge is 0.453 e. The summed E-state index contributed by atoms with van der Waals surface area (Å²) in [6, 6.07) is 82.5. The van der Waals surface area contributed by atoms with E-state index >= 15 is 0 Å². The summed E-state index contributed by atoms with van der Waals surface area (Å²) in [6.07, 6.45) is 0. The number of nitrogens with zero attached hydrogens (tertiary/aromatic N) is 1. The van der Waals surface area contributed by atoms with Gasteiger partial charge in [-0.3, -0.25) is 0 Å². The van der Waals surface area contributed by atoms with Crippen LogP contribution in [0.3, 0.4) is 0 Å². The maximum Gasteiger partial charge on any atom is 0.159 e. The van der Waals surface area contributed by atoms with Gasteiger partial charge in [-0.2, -0.15) is 0 Å². The predicted molar refractivity (Wildman–Crippen MR) is 266 cm³/mol. The number of rotatable bonds is 6. The summed E-state index contributed by atoms with van der Waals surface area (Å²) in [7, 11) is 0. The molecule has 0 atom stereocenters. The summed E-state index contributed by atoms with van der Waals surface area (Å²) >= 11 is 0. The fraction of sp³-hybridized carbons (Fsp3) is 0.0645. The van der Waals surface area contributed by atoms with Gasteiger partial charge in [0.1, 0.15) is 5.58 Å². The Labute approximate surface area is 373 Å². The topological polar surface area (TPSA) is 16.4 Å². The number of anilines is 3. The van der Waals surface area contributed by atoms with Crippen molar-refractivity contribution in [3.8, 4) is 33.4 Å². The standard InChI is InChI=1S/C62H43NO/c1-61(2)53-30-16-14-27-47(53)49-36-34-45(39-55(49)61)63(44-24-10-5-11-25-44)57-32-18-29-51-52-37-40-19-12-13-26-46(40)58(60(52)64-59(51)57)41-33-35-50-48-28-15-17-31-54(48)62(56(50)38-41,42-20-6-3-7-21-42)43-22-8-4-9-23-43/h3-39H,1-2H3. The third-order valence-corrected chi connectivity index (χ3v) is 14.3. The van der Waals surface area contributed by atoms with Crippen molar-refractivity contribution in [2.45, 2.75) is 24.7 Å². The van der Waals surface area contributed by atoms with Gasteiger partial charge in [-0.05, 0) is 114 Å². The molecule has 0 saturated heterocycles. The molecule has 0 bridgehead atoms. The van der Waals surface area contributed by atoms with E-state index in [9.17, 15) is 0 Å². The van der Waals surface area contributed by atoms with Crippen molar-refractivity contribution in [1.29, 1.82) is 0 Å². The molecule has 64 heavy (non-hydrogen) atoms. The van der Waals surface area contributed by atoms with Gasteiger partial charge in [0, 0.05) is 33.1 Å². The molecule has 1 heterocycles. The number of hydrogen-bond acceptors (Lipinski definition) is 2. The van der Waals surface area contributed by atoms with Crippen molar-refractivity contribution in [2.75, 3.05) is 4.90 Å². The van der Waals surface area contributed by atoms with Gasteiger partial charge in [0.2, 0.25) is 0 Å². The molecule has 0 unspecified atom stereocenters. The molecule has 2 aliphatic rings. The molecular weight excluding hydrogens is 775 g/mol. The average Bonchev–Trinajstić information content (AvgIpc) is 3.95. The van der Waals surface area contributed by atoms with E-state index in [1.807, 2.05) is 0 Å². The minimum absolute atomic E-state index is 0.138. The molecule has 0 N–H and O–H groups in total. The van der Waals surface area contributed by atoms with Crippen LogP contribution in [-0.2, 0) is 10.8 Å². The first-order valence-corrected chi connectivity index (χ1v) is 22.3. The lowest BCUT2D eigenvalue weighted by atomic mass is 9.67. The van der Waals surface area contributed by atoms with E-state index in [0.717, 1.165) is 55.5 Å². The first-order chi connectivity index (χ1) is 31.5. The monoisotopic (exact) mass is 817 g/mol. The minimum Gasteiger partial charge on any atom is -0.453 e. The zero-order valence-corrected chi connectivity index (χ0v) is 35.7. The Bertz CT molecular complexity index is 3600. The van der Waals surface area contributed by atoms with Crippen LogP contribution < -0.4 is 4.90 Å². The van der Waals surface area contributed by atoms with Crippen LogP contribution in [0.1, 0.15) is 47.2 Å². The van der Waals surface area contributed by atoms with Crippen molar-refractivity contribution in [3.63, 3.8) is 0 Å². The fourth-order valence-electron chi connectivity index (χ4n) is 11.5. The number of furan rings is 1. The third-order valence-electron chi connectivity index (χ3n) is 14.3. The molecular formula is C62H43NO. The molecule has 2 nitrogen and oxygen atoms in total. The highest BCUT2D eigenvalue weighted by Gasteiger charge is 2.46. The van der Waals surface area contributed by atoms with Gasteiger partial charge in [0.15, 0.2) is 5.58 Å². The van der Waals surface area contributed by atoms with Crippen molar-refractivity contribution in [2.24, 2.45) is 0 Å². The highest BCUT2D eigenvalue weighted by molar-refractivity contribution is 6.20. The van der Waals surface area contributed by atoms with Crippen LogP contribution >= 0.6 is 0 Å². The molecule has 13 rings (SSSR count). The van der Waals surface area contributed by atoms with Crippen LogP contribution in [0.15, 0.2) is 229 Å².